The monoisotopic (exact) mass is 510 g/mol. The SMILES string of the molecule is Cc1cc(C)n(CCN(C(=O)Cc2ccc(S(C)(=O)=O)cc2)c2nc3c(C(C)C)cccc3s2)n1. The molecule has 0 fully saturated rings. The van der Waals surface area contributed by atoms with E-state index in [9.17, 15) is 13.2 Å². The Morgan fingerprint density at radius 1 is 1.11 bits per heavy atom. The Balaban J connectivity index is 1.66. The molecule has 0 unspecified atom stereocenters. The van der Waals surface area contributed by atoms with Crippen molar-refractivity contribution < 1.29 is 13.2 Å². The number of sulfone groups is 1. The zero-order valence-electron chi connectivity index (χ0n) is 20.6. The van der Waals surface area contributed by atoms with Gasteiger partial charge in [-0.05, 0) is 55.2 Å². The molecule has 2 aromatic carbocycles. The van der Waals surface area contributed by atoms with Crippen LogP contribution in [0.4, 0.5) is 5.13 Å². The van der Waals surface area contributed by atoms with Crippen molar-refractivity contribution in [1.82, 2.24) is 14.8 Å². The Morgan fingerprint density at radius 3 is 2.43 bits per heavy atom. The lowest BCUT2D eigenvalue weighted by Gasteiger charge is -2.20. The third-order valence-electron chi connectivity index (χ3n) is 5.94. The average molecular weight is 511 g/mol. The van der Waals surface area contributed by atoms with Gasteiger partial charge in [-0.3, -0.25) is 14.4 Å². The summed E-state index contributed by atoms with van der Waals surface area (Å²) < 4.78 is 26.5. The third kappa shape index (κ3) is 5.62. The first-order valence-corrected chi connectivity index (χ1v) is 14.2. The molecule has 0 radical (unpaired) electrons. The van der Waals surface area contributed by atoms with E-state index in [0.717, 1.165) is 32.7 Å². The van der Waals surface area contributed by atoms with Gasteiger partial charge in [0.25, 0.3) is 0 Å². The van der Waals surface area contributed by atoms with Crippen LogP contribution in [0.1, 0.15) is 42.3 Å². The van der Waals surface area contributed by atoms with E-state index in [2.05, 4.69) is 25.0 Å². The number of benzene rings is 2. The van der Waals surface area contributed by atoms with Crippen LogP contribution in [0, 0.1) is 13.8 Å². The van der Waals surface area contributed by atoms with E-state index in [0.29, 0.717) is 24.1 Å². The van der Waals surface area contributed by atoms with Crippen LogP contribution in [0.15, 0.2) is 53.4 Å². The first-order valence-electron chi connectivity index (χ1n) is 11.5. The molecule has 184 valence electrons. The van der Waals surface area contributed by atoms with Crippen molar-refractivity contribution in [2.24, 2.45) is 0 Å². The number of aryl methyl sites for hydroxylation is 2. The predicted octanol–water partition coefficient (Wildman–Crippen LogP) is 4.91. The van der Waals surface area contributed by atoms with Gasteiger partial charge in [0.2, 0.25) is 5.91 Å². The summed E-state index contributed by atoms with van der Waals surface area (Å²) in [5, 5.41) is 5.20. The number of nitrogens with zero attached hydrogens (tertiary/aromatic N) is 4. The number of amides is 1. The Hall–Kier alpha value is -3.04. The van der Waals surface area contributed by atoms with Crippen molar-refractivity contribution in [1.29, 1.82) is 0 Å². The molecule has 2 heterocycles. The lowest BCUT2D eigenvalue weighted by atomic mass is 10.0. The molecular weight excluding hydrogens is 480 g/mol. The van der Waals surface area contributed by atoms with Gasteiger partial charge >= 0.3 is 0 Å². The molecule has 0 N–H and O–H groups in total. The van der Waals surface area contributed by atoms with Gasteiger partial charge in [0.05, 0.1) is 33.8 Å². The minimum absolute atomic E-state index is 0.0937. The zero-order valence-corrected chi connectivity index (χ0v) is 22.3. The molecule has 7 nitrogen and oxygen atoms in total. The van der Waals surface area contributed by atoms with Gasteiger partial charge < -0.3 is 0 Å². The highest BCUT2D eigenvalue weighted by molar-refractivity contribution is 7.90. The number of rotatable bonds is 8. The smallest absolute Gasteiger partial charge is 0.233 e. The standard InChI is InChI=1S/C26H30N4O3S2/c1-17(2)22-7-6-8-23-25(22)27-26(34-23)29(13-14-30-19(4)15-18(3)28-30)24(31)16-20-9-11-21(12-10-20)35(5,32)33/h6-12,15,17H,13-14,16H2,1-5H3. The fourth-order valence-electron chi connectivity index (χ4n) is 4.09. The molecular formula is C26H30N4O3S2. The number of fused-ring (bicyclic) bond motifs is 1. The number of hydrogen-bond donors (Lipinski definition) is 0. The topological polar surface area (TPSA) is 85.2 Å². The van der Waals surface area contributed by atoms with Crippen LogP contribution in [0.25, 0.3) is 10.2 Å². The Bertz CT molecular complexity index is 1470. The van der Waals surface area contributed by atoms with Crippen molar-refractivity contribution in [3.05, 3.63) is 71.0 Å². The molecule has 0 atom stereocenters. The van der Waals surface area contributed by atoms with Gasteiger partial charge in [-0.25, -0.2) is 13.4 Å². The molecule has 0 aliphatic heterocycles. The molecule has 0 aliphatic carbocycles. The second-order valence-corrected chi connectivity index (χ2v) is 12.2. The molecule has 0 bridgehead atoms. The molecule has 9 heteroatoms. The van der Waals surface area contributed by atoms with Crippen LogP contribution in [0.2, 0.25) is 0 Å². The summed E-state index contributed by atoms with van der Waals surface area (Å²) in [5.74, 6) is 0.227. The van der Waals surface area contributed by atoms with Crippen LogP contribution in [0.3, 0.4) is 0 Å². The van der Waals surface area contributed by atoms with E-state index in [1.165, 1.54) is 17.6 Å². The maximum atomic E-state index is 13.5. The second kappa shape index (κ2) is 9.91. The fourth-order valence-corrected chi connectivity index (χ4v) is 5.76. The Labute approximate surface area is 210 Å². The van der Waals surface area contributed by atoms with Crippen LogP contribution < -0.4 is 4.90 Å². The van der Waals surface area contributed by atoms with Gasteiger partial charge in [0.1, 0.15) is 0 Å². The van der Waals surface area contributed by atoms with E-state index in [1.807, 2.05) is 36.7 Å². The van der Waals surface area contributed by atoms with Crippen molar-refractivity contribution in [2.75, 3.05) is 17.7 Å². The molecule has 4 rings (SSSR count). The lowest BCUT2D eigenvalue weighted by molar-refractivity contribution is -0.118. The molecule has 0 saturated heterocycles. The quantitative estimate of drug-likeness (QED) is 0.336. The summed E-state index contributed by atoms with van der Waals surface area (Å²) >= 11 is 1.51. The van der Waals surface area contributed by atoms with Crippen molar-refractivity contribution >= 4 is 42.4 Å². The maximum absolute atomic E-state index is 13.5. The van der Waals surface area contributed by atoms with E-state index >= 15 is 0 Å². The number of anilines is 1. The number of aromatic nitrogens is 3. The van der Waals surface area contributed by atoms with E-state index in [1.54, 1.807) is 29.2 Å². The highest BCUT2D eigenvalue weighted by Gasteiger charge is 2.22. The van der Waals surface area contributed by atoms with E-state index in [-0.39, 0.29) is 17.2 Å². The highest BCUT2D eigenvalue weighted by Crippen LogP contribution is 2.34. The van der Waals surface area contributed by atoms with E-state index < -0.39 is 9.84 Å². The minimum Gasteiger partial charge on any atom is -0.286 e. The average Bonchev–Trinajstić information content (AvgIpc) is 3.35. The number of carbonyl (C=O) groups excluding carboxylic acids is 1. The number of hydrogen-bond acceptors (Lipinski definition) is 6. The van der Waals surface area contributed by atoms with Gasteiger partial charge in [-0.15, -0.1) is 0 Å². The lowest BCUT2D eigenvalue weighted by Crippen LogP contribution is -2.35. The summed E-state index contributed by atoms with van der Waals surface area (Å²) in [5.41, 5.74) is 4.82. The molecule has 2 aromatic heterocycles. The van der Waals surface area contributed by atoms with Crippen LogP contribution in [-0.4, -0.2) is 41.9 Å². The first kappa shape index (κ1) is 25.1. The number of thiazole rings is 1. The zero-order chi connectivity index (χ0) is 25.3. The third-order valence-corrected chi connectivity index (χ3v) is 8.11. The van der Waals surface area contributed by atoms with Crippen molar-refractivity contribution in [3.8, 4) is 0 Å². The largest absolute Gasteiger partial charge is 0.286 e. The van der Waals surface area contributed by atoms with Crippen LogP contribution in [0.5, 0.6) is 0 Å². The van der Waals surface area contributed by atoms with Gasteiger partial charge in [0, 0.05) is 18.5 Å². The number of carbonyl (C=O) groups is 1. The predicted molar refractivity (Wildman–Crippen MR) is 141 cm³/mol. The fraction of sp³-hybridized carbons (Fsp3) is 0.346. The van der Waals surface area contributed by atoms with Crippen LogP contribution in [-0.2, 0) is 27.6 Å². The Morgan fingerprint density at radius 2 is 1.83 bits per heavy atom. The first-order chi connectivity index (χ1) is 16.5. The second-order valence-electron chi connectivity index (χ2n) is 9.13. The molecule has 1 amide bonds. The summed E-state index contributed by atoms with van der Waals surface area (Å²) in [4.78, 5) is 20.4. The molecule has 4 aromatic rings. The van der Waals surface area contributed by atoms with Gasteiger partial charge in [-0.1, -0.05) is 49.4 Å². The highest BCUT2D eigenvalue weighted by atomic mass is 32.2. The normalized spacial score (nSPS) is 11.9. The minimum atomic E-state index is -3.29. The summed E-state index contributed by atoms with van der Waals surface area (Å²) in [6.45, 7) is 9.21. The van der Waals surface area contributed by atoms with Crippen LogP contribution >= 0.6 is 11.3 Å². The van der Waals surface area contributed by atoms with Crippen molar-refractivity contribution in [2.45, 2.75) is 51.5 Å². The molecule has 0 spiro atoms. The van der Waals surface area contributed by atoms with E-state index in [4.69, 9.17) is 4.98 Å². The molecule has 0 aliphatic rings. The summed E-state index contributed by atoms with van der Waals surface area (Å²) in [6, 6.07) is 14.7. The maximum Gasteiger partial charge on any atom is 0.233 e. The van der Waals surface area contributed by atoms with Gasteiger partial charge in [-0.2, -0.15) is 5.10 Å². The molecule has 35 heavy (non-hydrogen) atoms. The van der Waals surface area contributed by atoms with Gasteiger partial charge in [0.15, 0.2) is 15.0 Å². The Kier molecular flexibility index (Phi) is 7.10. The number of para-hydroxylation sites is 1. The van der Waals surface area contributed by atoms with Crippen molar-refractivity contribution in [3.63, 3.8) is 0 Å². The summed E-state index contributed by atoms with van der Waals surface area (Å²) in [6.07, 6.45) is 1.32. The molecule has 0 saturated carbocycles. The summed E-state index contributed by atoms with van der Waals surface area (Å²) in [7, 11) is -3.29.